The lowest BCUT2D eigenvalue weighted by Gasteiger charge is -2.35. The Morgan fingerprint density at radius 1 is 0.963 bits per heavy atom. The van der Waals surface area contributed by atoms with Gasteiger partial charge in [0.1, 0.15) is 0 Å². The van der Waals surface area contributed by atoms with E-state index in [0.29, 0.717) is 5.02 Å². The average molecular weight is 385 g/mol. The first-order valence-corrected chi connectivity index (χ1v) is 9.95. The third-order valence-corrected chi connectivity index (χ3v) is 6.09. The van der Waals surface area contributed by atoms with E-state index in [1.54, 1.807) is 0 Å². The van der Waals surface area contributed by atoms with Gasteiger partial charge in [-0.3, -0.25) is 14.6 Å². The smallest absolute Gasteiger partial charge is 0.314 e. The number of hydrogen-bond acceptors (Lipinski definition) is 3. The third-order valence-electron chi connectivity index (χ3n) is 5.85. The largest absolute Gasteiger partial charge is 0.481 e. The van der Waals surface area contributed by atoms with Gasteiger partial charge in [0, 0.05) is 44.3 Å². The third kappa shape index (κ3) is 4.03. The molecule has 4 rings (SSSR count). The summed E-state index contributed by atoms with van der Waals surface area (Å²) >= 11 is 6.22. The Balaban J connectivity index is 1.41. The molecule has 1 saturated carbocycles. The number of nitrogens with zero attached hydrogens (tertiary/aromatic N) is 2. The number of piperazine rings is 1. The number of aliphatic carboxylic acids is 1. The number of carboxylic acid groups (broad SMARTS) is 1. The SMILES string of the molecule is O=C(O)C1(c2ccc(Cl)cc2CN2CCN(Cc3ccccc3)CC2)CC1. The quantitative estimate of drug-likeness (QED) is 0.823. The summed E-state index contributed by atoms with van der Waals surface area (Å²) in [5, 5.41) is 10.4. The first kappa shape index (κ1) is 18.5. The molecule has 142 valence electrons. The van der Waals surface area contributed by atoms with Gasteiger partial charge in [0.15, 0.2) is 0 Å². The zero-order valence-corrected chi connectivity index (χ0v) is 16.2. The van der Waals surface area contributed by atoms with Crippen LogP contribution >= 0.6 is 11.6 Å². The molecule has 1 aliphatic carbocycles. The van der Waals surface area contributed by atoms with Crippen molar-refractivity contribution in [3.63, 3.8) is 0 Å². The maximum Gasteiger partial charge on any atom is 0.314 e. The second-order valence-corrected chi connectivity index (χ2v) is 8.16. The lowest BCUT2D eigenvalue weighted by molar-refractivity contribution is -0.140. The molecule has 0 radical (unpaired) electrons. The highest BCUT2D eigenvalue weighted by Gasteiger charge is 2.52. The number of hydrogen-bond donors (Lipinski definition) is 1. The van der Waals surface area contributed by atoms with E-state index in [2.05, 4.69) is 34.1 Å². The van der Waals surface area contributed by atoms with Gasteiger partial charge in [0.2, 0.25) is 0 Å². The molecule has 2 aromatic carbocycles. The summed E-state index contributed by atoms with van der Waals surface area (Å²) in [5.41, 5.74) is 2.68. The van der Waals surface area contributed by atoms with Gasteiger partial charge in [-0.25, -0.2) is 0 Å². The monoisotopic (exact) mass is 384 g/mol. The number of rotatable bonds is 6. The molecule has 2 aromatic rings. The Bertz CT molecular complexity index is 812. The fourth-order valence-corrected chi connectivity index (χ4v) is 4.27. The molecule has 0 atom stereocenters. The van der Waals surface area contributed by atoms with Crippen LogP contribution in [0.5, 0.6) is 0 Å². The number of benzene rings is 2. The summed E-state index contributed by atoms with van der Waals surface area (Å²) < 4.78 is 0. The van der Waals surface area contributed by atoms with Gasteiger partial charge in [-0.15, -0.1) is 0 Å². The minimum atomic E-state index is -0.709. The van der Waals surface area contributed by atoms with E-state index in [9.17, 15) is 9.90 Å². The summed E-state index contributed by atoms with van der Waals surface area (Å²) in [4.78, 5) is 16.7. The molecule has 0 unspecified atom stereocenters. The maximum atomic E-state index is 11.8. The van der Waals surface area contributed by atoms with Crippen LogP contribution in [0.4, 0.5) is 0 Å². The fourth-order valence-electron chi connectivity index (χ4n) is 4.07. The topological polar surface area (TPSA) is 43.8 Å². The second-order valence-electron chi connectivity index (χ2n) is 7.73. The molecule has 0 bridgehead atoms. The van der Waals surface area contributed by atoms with Crippen LogP contribution in [0.25, 0.3) is 0 Å². The maximum absolute atomic E-state index is 11.8. The van der Waals surface area contributed by atoms with E-state index in [0.717, 1.165) is 63.2 Å². The highest BCUT2D eigenvalue weighted by Crippen LogP contribution is 2.50. The van der Waals surface area contributed by atoms with Crippen LogP contribution in [-0.2, 0) is 23.3 Å². The first-order valence-electron chi connectivity index (χ1n) is 9.58. The Morgan fingerprint density at radius 3 is 2.19 bits per heavy atom. The highest BCUT2D eigenvalue weighted by atomic mass is 35.5. The van der Waals surface area contributed by atoms with Gasteiger partial charge in [0.05, 0.1) is 5.41 Å². The minimum Gasteiger partial charge on any atom is -0.481 e. The summed E-state index contributed by atoms with van der Waals surface area (Å²) in [6.45, 7) is 5.77. The predicted octanol–water partition coefficient (Wildman–Crippen LogP) is 3.77. The van der Waals surface area contributed by atoms with Gasteiger partial charge in [-0.05, 0) is 41.7 Å². The number of carbonyl (C=O) groups is 1. The van der Waals surface area contributed by atoms with Crippen molar-refractivity contribution in [1.29, 1.82) is 0 Å². The standard InChI is InChI=1S/C22H25ClN2O2/c23-19-6-7-20(22(8-9-22)21(26)27)18(14-19)16-25-12-10-24(11-13-25)15-17-4-2-1-3-5-17/h1-7,14H,8-13,15-16H2,(H,26,27). The molecule has 0 amide bonds. The average Bonchev–Trinajstić information content (AvgIpc) is 3.46. The van der Waals surface area contributed by atoms with E-state index in [4.69, 9.17) is 11.6 Å². The molecule has 1 heterocycles. The van der Waals surface area contributed by atoms with E-state index < -0.39 is 11.4 Å². The van der Waals surface area contributed by atoms with Crippen molar-refractivity contribution in [3.8, 4) is 0 Å². The van der Waals surface area contributed by atoms with Crippen LogP contribution in [0, 0.1) is 0 Å². The Kier molecular flexibility index (Phi) is 5.22. The van der Waals surface area contributed by atoms with Crippen LogP contribution < -0.4 is 0 Å². The molecule has 2 fully saturated rings. The molecule has 1 aliphatic heterocycles. The predicted molar refractivity (Wildman–Crippen MR) is 107 cm³/mol. The van der Waals surface area contributed by atoms with Gasteiger partial charge in [-0.1, -0.05) is 48.0 Å². The van der Waals surface area contributed by atoms with Crippen LogP contribution in [0.15, 0.2) is 48.5 Å². The van der Waals surface area contributed by atoms with Gasteiger partial charge in [0.25, 0.3) is 0 Å². The molecular formula is C22H25ClN2O2. The van der Waals surface area contributed by atoms with E-state index in [-0.39, 0.29) is 0 Å². The van der Waals surface area contributed by atoms with Crippen molar-refractivity contribution in [3.05, 3.63) is 70.2 Å². The van der Waals surface area contributed by atoms with Crippen LogP contribution in [0.1, 0.15) is 29.5 Å². The molecular weight excluding hydrogens is 360 g/mol. The molecule has 4 nitrogen and oxygen atoms in total. The van der Waals surface area contributed by atoms with E-state index in [1.807, 2.05) is 24.3 Å². The lowest BCUT2D eigenvalue weighted by atomic mass is 9.91. The normalized spacial score (nSPS) is 19.7. The van der Waals surface area contributed by atoms with Gasteiger partial charge >= 0.3 is 5.97 Å². The van der Waals surface area contributed by atoms with Crippen molar-refractivity contribution in [1.82, 2.24) is 9.80 Å². The van der Waals surface area contributed by atoms with Crippen molar-refractivity contribution in [2.45, 2.75) is 31.3 Å². The zero-order valence-electron chi connectivity index (χ0n) is 15.4. The molecule has 2 aliphatic rings. The molecule has 1 saturated heterocycles. The minimum absolute atomic E-state index is 0.678. The summed E-state index contributed by atoms with van der Waals surface area (Å²) in [6, 6.07) is 16.3. The lowest BCUT2D eigenvalue weighted by Crippen LogP contribution is -2.45. The molecule has 0 spiro atoms. The second kappa shape index (κ2) is 7.63. The van der Waals surface area contributed by atoms with Gasteiger partial charge < -0.3 is 5.11 Å². The molecule has 1 N–H and O–H groups in total. The fraction of sp³-hybridized carbons (Fsp3) is 0.409. The Labute approximate surface area is 165 Å². The van der Waals surface area contributed by atoms with E-state index in [1.165, 1.54) is 5.56 Å². The summed E-state index contributed by atoms with van der Waals surface area (Å²) in [5.74, 6) is -0.709. The summed E-state index contributed by atoms with van der Waals surface area (Å²) in [6.07, 6.45) is 1.45. The van der Waals surface area contributed by atoms with Crippen molar-refractivity contribution in [2.75, 3.05) is 26.2 Å². The first-order chi connectivity index (χ1) is 13.1. The molecule has 5 heteroatoms. The summed E-state index contributed by atoms with van der Waals surface area (Å²) in [7, 11) is 0. The number of carboxylic acids is 1. The zero-order chi connectivity index (χ0) is 18.9. The van der Waals surface area contributed by atoms with Crippen molar-refractivity contribution >= 4 is 17.6 Å². The Hall–Kier alpha value is -1.88. The van der Waals surface area contributed by atoms with Crippen LogP contribution in [0.3, 0.4) is 0 Å². The van der Waals surface area contributed by atoms with E-state index >= 15 is 0 Å². The molecule has 27 heavy (non-hydrogen) atoms. The highest BCUT2D eigenvalue weighted by molar-refractivity contribution is 6.30. The molecule has 0 aromatic heterocycles. The van der Waals surface area contributed by atoms with Crippen molar-refractivity contribution in [2.24, 2.45) is 0 Å². The van der Waals surface area contributed by atoms with Crippen molar-refractivity contribution < 1.29 is 9.90 Å². The Morgan fingerprint density at radius 2 is 1.59 bits per heavy atom. The number of halogens is 1. The van der Waals surface area contributed by atoms with Crippen LogP contribution in [-0.4, -0.2) is 47.1 Å². The van der Waals surface area contributed by atoms with Crippen LogP contribution in [0.2, 0.25) is 5.02 Å². The van der Waals surface area contributed by atoms with Gasteiger partial charge in [-0.2, -0.15) is 0 Å².